The van der Waals surface area contributed by atoms with Gasteiger partial charge in [-0.25, -0.2) is 4.79 Å². The SMILES string of the molecule is CN1C(=O)c2ccccc2N[C@H]1c1cn(C)c(=O)n(C)c1=O. The Kier molecular flexibility index (Phi) is 3.13. The van der Waals surface area contributed by atoms with E-state index in [1.54, 1.807) is 32.3 Å². The Morgan fingerprint density at radius 3 is 2.45 bits per heavy atom. The smallest absolute Gasteiger partial charge is 0.330 e. The van der Waals surface area contributed by atoms with Gasteiger partial charge in [0, 0.05) is 33.0 Å². The molecule has 0 saturated heterocycles. The monoisotopic (exact) mass is 300 g/mol. The van der Waals surface area contributed by atoms with Gasteiger partial charge in [-0.15, -0.1) is 0 Å². The first-order valence-corrected chi connectivity index (χ1v) is 6.81. The molecule has 1 amide bonds. The number of carbonyl (C=O) groups is 1. The third kappa shape index (κ3) is 1.93. The summed E-state index contributed by atoms with van der Waals surface area (Å²) < 4.78 is 2.37. The van der Waals surface area contributed by atoms with Crippen LogP contribution in [0.2, 0.25) is 0 Å². The summed E-state index contributed by atoms with van der Waals surface area (Å²) in [5, 5.41) is 3.18. The highest BCUT2D eigenvalue weighted by atomic mass is 16.2. The van der Waals surface area contributed by atoms with E-state index in [9.17, 15) is 14.4 Å². The second-order valence-corrected chi connectivity index (χ2v) is 5.35. The molecule has 1 N–H and O–H groups in total. The average Bonchev–Trinajstić information content (AvgIpc) is 2.52. The van der Waals surface area contributed by atoms with Crippen LogP contribution < -0.4 is 16.6 Å². The van der Waals surface area contributed by atoms with Gasteiger partial charge in [-0.3, -0.25) is 14.2 Å². The molecule has 0 unspecified atom stereocenters. The van der Waals surface area contributed by atoms with Crippen LogP contribution in [0.3, 0.4) is 0 Å². The third-order valence-corrected chi connectivity index (χ3v) is 3.92. The molecular weight excluding hydrogens is 284 g/mol. The molecule has 7 nitrogen and oxygen atoms in total. The molecule has 1 aromatic carbocycles. The van der Waals surface area contributed by atoms with Gasteiger partial charge in [0.2, 0.25) is 0 Å². The Bertz CT molecular complexity index is 881. The van der Waals surface area contributed by atoms with Crippen molar-refractivity contribution >= 4 is 11.6 Å². The Morgan fingerprint density at radius 1 is 1.05 bits per heavy atom. The first-order valence-electron chi connectivity index (χ1n) is 6.81. The van der Waals surface area contributed by atoms with E-state index in [1.165, 1.54) is 22.7 Å². The topological polar surface area (TPSA) is 76.3 Å². The van der Waals surface area contributed by atoms with Crippen LogP contribution in [0.15, 0.2) is 40.1 Å². The molecule has 0 bridgehead atoms. The zero-order chi connectivity index (χ0) is 16.0. The van der Waals surface area contributed by atoms with Crippen LogP contribution in [0.1, 0.15) is 22.1 Å². The number of benzene rings is 1. The first kappa shape index (κ1) is 14.1. The Labute approximate surface area is 126 Å². The van der Waals surface area contributed by atoms with Gasteiger partial charge in [0.1, 0.15) is 6.17 Å². The van der Waals surface area contributed by atoms with Crippen molar-refractivity contribution in [3.05, 3.63) is 62.4 Å². The average molecular weight is 300 g/mol. The highest BCUT2D eigenvalue weighted by molar-refractivity contribution is 6.01. The van der Waals surface area contributed by atoms with Crippen molar-refractivity contribution in [2.45, 2.75) is 6.17 Å². The lowest BCUT2D eigenvalue weighted by molar-refractivity contribution is 0.0733. The summed E-state index contributed by atoms with van der Waals surface area (Å²) in [4.78, 5) is 38.1. The Hall–Kier alpha value is -2.83. The van der Waals surface area contributed by atoms with Gasteiger partial charge in [-0.05, 0) is 12.1 Å². The molecule has 2 aromatic rings. The molecule has 0 radical (unpaired) electrons. The molecule has 1 aromatic heterocycles. The summed E-state index contributed by atoms with van der Waals surface area (Å²) in [7, 11) is 4.62. The van der Waals surface area contributed by atoms with Crippen molar-refractivity contribution < 1.29 is 4.79 Å². The van der Waals surface area contributed by atoms with Gasteiger partial charge in [0.25, 0.3) is 11.5 Å². The van der Waals surface area contributed by atoms with Gasteiger partial charge in [0.15, 0.2) is 0 Å². The summed E-state index contributed by atoms with van der Waals surface area (Å²) in [6.07, 6.45) is 0.855. The third-order valence-electron chi connectivity index (χ3n) is 3.92. The second kappa shape index (κ2) is 4.87. The highest BCUT2D eigenvalue weighted by Gasteiger charge is 2.32. The lowest BCUT2D eigenvalue weighted by Gasteiger charge is -2.35. The maximum Gasteiger partial charge on any atom is 0.330 e. The zero-order valence-electron chi connectivity index (χ0n) is 12.5. The molecule has 22 heavy (non-hydrogen) atoms. The highest BCUT2D eigenvalue weighted by Crippen LogP contribution is 2.30. The summed E-state index contributed by atoms with van der Waals surface area (Å²) in [5.41, 5.74) is 0.753. The van der Waals surface area contributed by atoms with Crippen molar-refractivity contribution in [3.8, 4) is 0 Å². The summed E-state index contributed by atoms with van der Waals surface area (Å²) >= 11 is 0. The van der Waals surface area contributed by atoms with Crippen molar-refractivity contribution in [3.63, 3.8) is 0 Å². The maximum absolute atomic E-state index is 12.5. The molecule has 0 fully saturated rings. The minimum absolute atomic E-state index is 0.171. The Balaban J connectivity index is 2.17. The minimum atomic E-state index is -0.618. The van der Waals surface area contributed by atoms with Crippen LogP contribution >= 0.6 is 0 Å². The predicted molar refractivity (Wildman–Crippen MR) is 81.8 cm³/mol. The fraction of sp³-hybridized carbons (Fsp3) is 0.267. The van der Waals surface area contributed by atoms with Crippen molar-refractivity contribution in [2.75, 3.05) is 12.4 Å². The number of anilines is 1. The van der Waals surface area contributed by atoms with E-state index in [-0.39, 0.29) is 5.91 Å². The largest absolute Gasteiger partial charge is 0.361 e. The molecule has 0 saturated carbocycles. The van der Waals surface area contributed by atoms with Gasteiger partial charge in [-0.2, -0.15) is 0 Å². The van der Waals surface area contributed by atoms with Gasteiger partial charge in [-0.1, -0.05) is 12.1 Å². The van der Waals surface area contributed by atoms with E-state index < -0.39 is 17.4 Å². The molecule has 1 aliphatic heterocycles. The van der Waals surface area contributed by atoms with E-state index in [1.807, 2.05) is 6.07 Å². The van der Waals surface area contributed by atoms with Crippen LogP contribution in [-0.2, 0) is 14.1 Å². The van der Waals surface area contributed by atoms with Crippen molar-refractivity contribution in [1.82, 2.24) is 14.0 Å². The van der Waals surface area contributed by atoms with Crippen LogP contribution in [0.4, 0.5) is 5.69 Å². The number of carbonyl (C=O) groups excluding carboxylic acids is 1. The van der Waals surface area contributed by atoms with Crippen LogP contribution in [0.5, 0.6) is 0 Å². The number of fused-ring (bicyclic) bond motifs is 1. The van der Waals surface area contributed by atoms with Crippen molar-refractivity contribution in [1.29, 1.82) is 0 Å². The molecule has 7 heteroatoms. The molecule has 1 aliphatic rings. The number of hydrogen-bond acceptors (Lipinski definition) is 4. The molecule has 1 atom stereocenters. The van der Waals surface area contributed by atoms with Crippen LogP contribution in [0.25, 0.3) is 0 Å². The number of nitrogens with zero attached hydrogens (tertiary/aromatic N) is 3. The number of para-hydroxylation sites is 1. The van der Waals surface area contributed by atoms with E-state index in [0.717, 1.165) is 4.57 Å². The number of rotatable bonds is 1. The zero-order valence-corrected chi connectivity index (χ0v) is 12.5. The first-order chi connectivity index (χ1) is 10.4. The normalized spacial score (nSPS) is 17.1. The number of aryl methyl sites for hydroxylation is 1. The summed E-state index contributed by atoms with van der Waals surface area (Å²) in [6.45, 7) is 0. The molecule has 3 rings (SSSR count). The van der Waals surface area contributed by atoms with E-state index in [2.05, 4.69) is 5.32 Å². The summed E-state index contributed by atoms with van der Waals surface area (Å²) in [6, 6.07) is 7.13. The molecule has 0 spiro atoms. The lowest BCUT2D eigenvalue weighted by Crippen LogP contribution is -2.46. The molecular formula is C15H16N4O3. The van der Waals surface area contributed by atoms with Gasteiger partial charge >= 0.3 is 5.69 Å². The minimum Gasteiger partial charge on any atom is -0.361 e. The van der Waals surface area contributed by atoms with E-state index in [4.69, 9.17) is 0 Å². The molecule has 2 heterocycles. The number of amides is 1. The van der Waals surface area contributed by atoms with E-state index in [0.29, 0.717) is 16.8 Å². The van der Waals surface area contributed by atoms with Crippen molar-refractivity contribution in [2.24, 2.45) is 14.1 Å². The molecule has 0 aliphatic carbocycles. The van der Waals surface area contributed by atoms with Crippen LogP contribution in [-0.4, -0.2) is 27.0 Å². The quantitative estimate of drug-likeness (QED) is 0.821. The fourth-order valence-corrected chi connectivity index (χ4v) is 2.66. The predicted octanol–water partition coefficient (Wildman–Crippen LogP) is 0.280. The standard InChI is InChI=1S/C15H16N4O3/c1-17-8-10(14(21)19(3)15(17)22)12-16-11-7-5-4-6-9(11)13(20)18(12)2/h4-8,12,16H,1-3H3/t12-/m1/s1. The van der Waals surface area contributed by atoms with Gasteiger partial charge < -0.3 is 14.8 Å². The fourth-order valence-electron chi connectivity index (χ4n) is 2.66. The van der Waals surface area contributed by atoms with E-state index >= 15 is 0 Å². The number of nitrogens with one attached hydrogen (secondary N) is 1. The summed E-state index contributed by atoms with van der Waals surface area (Å²) in [5.74, 6) is -0.171. The second-order valence-electron chi connectivity index (χ2n) is 5.35. The van der Waals surface area contributed by atoms with Gasteiger partial charge in [0.05, 0.1) is 11.1 Å². The number of hydrogen-bond donors (Lipinski definition) is 1. The maximum atomic E-state index is 12.5. The molecule has 114 valence electrons. The Morgan fingerprint density at radius 2 is 1.73 bits per heavy atom. The lowest BCUT2D eigenvalue weighted by atomic mass is 10.1. The number of aromatic nitrogens is 2. The van der Waals surface area contributed by atoms with Crippen LogP contribution in [0, 0.1) is 0 Å².